The average Bonchev–Trinajstić information content (AvgIpc) is 2.46. The highest BCUT2D eigenvalue weighted by atomic mass is 16.5. The van der Waals surface area contributed by atoms with Crippen LogP contribution in [0.1, 0.15) is 24.5 Å². The number of hydrogen-bond acceptors (Lipinski definition) is 4. The monoisotopic (exact) mass is 268 g/mol. The van der Waals surface area contributed by atoms with Gasteiger partial charge in [-0.15, -0.1) is 0 Å². The van der Waals surface area contributed by atoms with Crippen LogP contribution in [-0.2, 0) is 14.2 Å². The van der Waals surface area contributed by atoms with E-state index in [1.54, 1.807) is 7.11 Å². The molecule has 0 radical (unpaired) electrons. The van der Waals surface area contributed by atoms with Gasteiger partial charge in [0.2, 0.25) is 0 Å². The summed E-state index contributed by atoms with van der Waals surface area (Å²) in [6.45, 7) is 3.04. The minimum absolute atomic E-state index is 0.400. The summed E-state index contributed by atoms with van der Waals surface area (Å²) in [4.78, 5) is 0. The van der Waals surface area contributed by atoms with Gasteiger partial charge in [-0.3, -0.25) is 0 Å². The second kappa shape index (κ2) is 10.9. The van der Waals surface area contributed by atoms with E-state index in [9.17, 15) is 5.11 Å². The van der Waals surface area contributed by atoms with Gasteiger partial charge in [0.05, 0.1) is 32.5 Å². The lowest BCUT2D eigenvalue weighted by Crippen LogP contribution is -2.09. The number of rotatable bonds is 11. The summed E-state index contributed by atoms with van der Waals surface area (Å²) >= 11 is 0. The van der Waals surface area contributed by atoms with Gasteiger partial charge in [0.15, 0.2) is 0 Å². The van der Waals surface area contributed by atoms with Crippen LogP contribution < -0.4 is 0 Å². The second-order valence-electron chi connectivity index (χ2n) is 4.29. The third-order valence-corrected chi connectivity index (χ3v) is 2.75. The fourth-order valence-corrected chi connectivity index (χ4v) is 1.68. The number of methoxy groups -OCH3 is 1. The van der Waals surface area contributed by atoms with Crippen molar-refractivity contribution in [1.82, 2.24) is 0 Å². The van der Waals surface area contributed by atoms with E-state index in [0.717, 1.165) is 12.0 Å². The Balaban J connectivity index is 1.93. The van der Waals surface area contributed by atoms with Crippen LogP contribution >= 0.6 is 0 Å². The predicted molar refractivity (Wildman–Crippen MR) is 74.1 cm³/mol. The molecule has 1 atom stereocenters. The normalized spacial score (nSPS) is 12.5. The predicted octanol–water partition coefficient (Wildman–Crippen LogP) is 2.18. The van der Waals surface area contributed by atoms with Crippen molar-refractivity contribution in [1.29, 1.82) is 0 Å². The van der Waals surface area contributed by atoms with E-state index in [4.69, 9.17) is 14.2 Å². The van der Waals surface area contributed by atoms with Crippen LogP contribution in [-0.4, -0.2) is 45.3 Å². The number of ether oxygens (including phenoxy) is 3. The molecule has 0 amide bonds. The topological polar surface area (TPSA) is 47.9 Å². The maximum Gasteiger partial charge on any atom is 0.0790 e. The van der Waals surface area contributed by atoms with Gasteiger partial charge < -0.3 is 19.3 Å². The first-order chi connectivity index (χ1) is 9.34. The highest BCUT2D eigenvalue weighted by Gasteiger charge is 2.05. The van der Waals surface area contributed by atoms with E-state index in [1.165, 1.54) is 0 Å². The molecule has 0 aliphatic heterocycles. The van der Waals surface area contributed by atoms with E-state index in [2.05, 4.69) is 0 Å². The first-order valence-corrected chi connectivity index (χ1v) is 6.72. The molecular formula is C15H24O4. The molecule has 1 aromatic carbocycles. The molecule has 1 N–H and O–H groups in total. The molecule has 0 aliphatic carbocycles. The fourth-order valence-electron chi connectivity index (χ4n) is 1.68. The summed E-state index contributed by atoms with van der Waals surface area (Å²) in [7, 11) is 1.65. The van der Waals surface area contributed by atoms with Crippen LogP contribution in [0, 0.1) is 0 Å². The van der Waals surface area contributed by atoms with Crippen molar-refractivity contribution in [2.75, 3.05) is 40.1 Å². The Kier molecular flexibility index (Phi) is 9.27. The lowest BCUT2D eigenvalue weighted by atomic mass is 10.1. The maximum atomic E-state index is 9.93. The van der Waals surface area contributed by atoms with Gasteiger partial charge in [0, 0.05) is 13.7 Å². The number of benzene rings is 1. The number of aliphatic hydroxyl groups excluding tert-OH is 1. The van der Waals surface area contributed by atoms with Crippen LogP contribution in [0.15, 0.2) is 30.3 Å². The quantitative estimate of drug-likeness (QED) is 0.625. The van der Waals surface area contributed by atoms with E-state index >= 15 is 0 Å². The lowest BCUT2D eigenvalue weighted by Gasteiger charge is -2.11. The van der Waals surface area contributed by atoms with Crippen molar-refractivity contribution < 1.29 is 19.3 Å². The standard InChI is InChI=1S/C15H24O4/c1-17-10-11-19-13-12-18-9-5-8-15(16)14-6-3-2-4-7-14/h2-4,6-7,15-16H,5,8-13H2,1H3. The molecule has 0 fully saturated rings. The highest BCUT2D eigenvalue weighted by Crippen LogP contribution is 2.17. The molecule has 1 rings (SSSR count). The van der Waals surface area contributed by atoms with Gasteiger partial charge in [-0.2, -0.15) is 0 Å². The van der Waals surface area contributed by atoms with Gasteiger partial charge in [0.25, 0.3) is 0 Å². The Bertz CT molecular complexity index is 302. The Morgan fingerprint density at radius 1 is 0.947 bits per heavy atom. The van der Waals surface area contributed by atoms with Gasteiger partial charge in [-0.1, -0.05) is 30.3 Å². The van der Waals surface area contributed by atoms with E-state index < -0.39 is 6.10 Å². The molecule has 0 saturated carbocycles. The molecule has 0 aliphatic rings. The summed E-state index contributed by atoms with van der Waals surface area (Å²) in [5.41, 5.74) is 0.963. The first-order valence-electron chi connectivity index (χ1n) is 6.72. The van der Waals surface area contributed by atoms with Crippen molar-refractivity contribution in [3.63, 3.8) is 0 Å². The highest BCUT2D eigenvalue weighted by molar-refractivity contribution is 5.16. The third-order valence-electron chi connectivity index (χ3n) is 2.75. The van der Waals surface area contributed by atoms with Gasteiger partial charge in [0.1, 0.15) is 0 Å². The summed E-state index contributed by atoms with van der Waals surface area (Å²) in [6, 6.07) is 9.70. The van der Waals surface area contributed by atoms with Crippen molar-refractivity contribution >= 4 is 0 Å². The minimum atomic E-state index is -0.400. The molecule has 19 heavy (non-hydrogen) atoms. The molecule has 0 aromatic heterocycles. The van der Waals surface area contributed by atoms with Crippen molar-refractivity contribution in [2.24, 2.45) is 0 Å². The summed E-state index contributed by atoms with van der Waals surface area (Å²) in [5.74, 6) is 0. The Morgan fingerprint density at radius 2 is 1.58 bits per heavy atom. The van der Waals surface area contributed by atoms with Crippen LogP contribution in [0.4, 0.5) is 0 Å². The molecule has 0 saturated heterocycles. The van der Waals surface area contributed by atoms with Gasteiger partial charge in [-0.05, 0) is 18.4 Å². The molecule has 0 heterocycles. The second-order valence-corrected chi connectivity index (χ2v) is 4.29. The Morgan fingerprint density at radius 3 is 2.26 bits per heavy atom. The zero-order valence-electron chi connectivity index (χ0n) is 11.6. The van der Waals surface area contributed by atoms with Crippen molar-refractivity contribution in [3.05, 3.63) is 35.9 Å². The van der Waals surface area contributed by atoms with E-state index in [-0.39, 0.29) is 0 Å². The smallest absolute Gasteiger partial charge is 0.0790 e. The lowest BCUT2D eigenvalue weighted by molar-refractivity contribution is 0.0218. The molecule has 1 aromatic rings. The summed E-state index contributed by atoms with van der Waals surface area (Å²) < 4.78 is 15.6. The Labute approximate surface area is 115 Å². The maximum absolute atomic E-state index is 9.93. The summed E-state index contributed by atoms with van der Waals surface area (Å²) in [5, 5.41) is 9.93. The SMILES string of the molecule is COCCOCCOCCCC(O)c1ccccc1. The number of aliphatic hydroxyl groups is 1. The third kappa shape index (κ3) is 7.95. The van der Waals surface area contributed by atoms with Crippen LogP contribution in [0.2, 0.25) is 0 Å². The van der Waals surface area contributed by atoms with Crippen molar-refractivity contribution in [2.45, 2.75) is 18.9 Å². The molecule has 108 valence electrons. The summed E-state index contributed by atoms with van der Waals surface area (Å²) in [6.07, 6.45) is 1.16. The molecule has 0 bridgehead atoms. The molecule has 4 heteroatoms. The van der Waals surface area contributed by atoms with Crippen molar-refractivity contribution in [3.8, 4) is 0 Å². The number of hydrogen-bond donors (Lipinski definition) is 1. The van der Waals surface area contributed by atoms with Gasteiger partial charge in [-0.25, -0.2) is 0 Å². The van der Waals surface area contributed by atoms with Crippen LogP contribution in [0.3, 0.4) is 0 Å². The van der Waals surface area contributed by atoms with E-state index in [1.807, 2.05) is 30.3 Å². The molecular weight excluding hydrogens is 244 g/mol. The van der Waals surface area contributed by atoms with E-state index in [0.29, 0.717) is 39.5 Å². The van der Waals surface area contributed by atoms with Crippen LogP contribution in [0.5, 0.6) is 0 Å². The zero-order chi connectivity index (χ0) is 13.8. The largest absolute Gasteiger partial charge is 0.388 e. The van der Waals surface area contributed by atoms with Gasteiger partial charge >= 0.3 is 0 Å². The Hall–Kier alpha value is -0.940. The fraction of sp³-hybridized carbons (Fsp3) is 0.600. The van der Waals surface area contributed by atoms with Crippen LogP contribution in [0.25, 0.3) is 0 Å². The zero-order valence-corrected chi connectivity index (χ0v) is 11.6. The molecule has 4 nitrogen and oxygen atoms in total. The minimum Gasteiger partial charge on any atom is -0.388 e. The molecule has 1 unspecified atom stereocenters. The first kappa shape index (κ1) is 16.1. The molecule has 0 spiro atoms. The average molecular weight is 268 g/mol.